The van der Waals surface area contributed by atoms with Crippen molar-refractivity contribution in [3.63, 3.8) is 0 Å². The highest BCUT2D eigenvalue weighted by Crippen LogP contribution is 2.43. The number of nitrogens with one attached hydrogen (secondary N) is 1. The molecule has 0 amide bonds. The SMILES string of the molecule is CCCCCCCC1(CNC)CCC(CCCC)CC1. The van der Waals surface area contributed by atoms with Gasteiger partial charge in [0.2, 0.25) is 0 Å². The Hall–Kier alpha value is -0.0400. The number of rotatable bonds is 11. The first-order valence-corrected chi connectivity index (χ1v) is 9.41. The van der Waals surface area contributed by atoms with Crippen molar-refractivity contribution >= 4 is 0 Å². The van der Waals surface area contributed by atoms with E-state index in [9.17, 15) is 0 Å². The van der Waals surface area contributed by atoms with Crippen molar-refractivity contribution in [3.05, 3.63) is 0 Å². The normalized spacial score (nSPS) is 26.9. The molecule has 1 heteroatoms. The molecular formula is C19H39N. The van der Waals surface area contributed by atoms with Crippen molar-refractivity contribution in [3.8, 4) is 0 Å². The van der Waals surface area contributed by atoms with Crippen LogP contribution >= 0.6 is 0 Å². The highest BCUT2D eigenvalue weighted by Gasteiger charge is 2.33. The summed E-state index contributed by atoms with van der Waals surface area (Å²) in [7, 11) is 2.14. The summed E-state index contributed by atoms with van der Waals surface area (Å²) in [5.41, 5.74) is 0.643. The summed E-state index contributed by atoms with van der Waals surface area (Å²) >= 11 is 0. The van der Waals surface area contributed by atoms with E-state index in [4.69, 9.17) is 0 Å². The van der Waals surface area contributed by atoms with Gasteiger partial charge in [0.15, 0.2) is 0 Å². The second kappa shape index (κ2) is 10.7. The summed E-state index contributed by atoms with van der Waals surface area (Å²) in [6.07, 6.45) is 18.9. The summed E-state index contributed by atoms with van der Waals surface area (Å²) in [5, 5.41) is 3.49. The van der Waals surface area contributed by atoms with Crippen molar-refractivity contribution < 1.29 is 0 Å². The minimum atomic E-state index is 0.643. The van der Waals surface area contributed by atoms with E-state index in [1.165, 1.54) is 90.0 Å². The summed E-state index contributed by atoms with van der Waals surface area (Å²) in [4.78, 5) is 0. The molecule has 1 N–H and O–H groups in total. The quantitative estimate of drug-likeness (QED) is 0.463. The maximum atomic E-state index is 3.49. The lowest BCUT2D eigenvalue weighted by molar-refractivity contribution is 0.126. The highest BCUT2D eigenvalue weighted by molar-refractivity contribution is 4.87. The second-order valence-corrected chi connectivity index (χ2v) is 7.28. The Balaban J connectivity index is 2.29. The molecule has 0 heterocycles. The molecule has 0 saturated heterocycles. The predicted octanol–water partition coefficient (Wildman–Crippen LogP) is 5.93. The smallest absolute Gasteiger partial charge is 0.000481 e. The minimum absolute atomic E-state index is 0.643. The van der Waals surface area contributed by atoms with Gasteiger partial charge in [0.05, 0.1) is 0 Å². The Morgan fingerprint density at radius 3 is 2.15 bits per heavy atom. The number of unbranched alkanes of at least 4 members (excludes halogenated alkanes) is 5. The third-order valence-electron chi connectivity index (χ3n) is 5.49. The van der Waals surface area contributed by atoms with Gasteiger partial charge in [-0.05, 0) is 50.5 Å². The topological polar surface area (TPSA) is 12.0 Å². The van der Waals surface area contributed by atoms with Crippen LogP contribution in [0.4, 0.5) is 0 Å². The van der Waals surface area contributed by atoms with Crippen LogP contribution in [-0.2, 0) is 0 Å². The summed E-state index contributed by atoms with van der Waals surface area (Å²) in [6.45, 7) is 5.88. The Morgan fingerprint density at radius 2 is 1.55 bits per heavy atom. The van der Waals surface area contributed by atoms with E-state index in [-0.39, 0.29) is 0 Å². The molecule has 1 saturated carbocycles. The average molecular weight is 282 g/mol. The third-order valence-corrected chi connectivity index (χ3v) is 5.49. The summed E-state index contributed by atoms with van der Waals surface area (Å²) in [5.74, 6) is 1.04. The van der Waals surface area contributed by atoms with E-state index in [1.54, 1.807) is 0 Å². The van der Waals surface area contributed by atoms with Gasteiger partial charge in [0.1, 0.15) is 0 Å². The molecule has 0 spiro atoms. The van der Waals surface area contributed by atoms with Crippen LogP contribution in [0.2, 0.25) is 0 Å². The molecule has 0 aromatic carbocycles. The van der Waals surface area contributed by atoms with Gasteiger partial charge in [-0.3, -0.25) is 0 Å². The van der Waals surface area contributed by atoms with Gasteiger partial charge < -0.3 is 5.32 Å². The Kier molecular flexibility index (Phi) is 9.59. The Morgan fingerprint density at radius 1 is 0.900 bits per heavy atom. The molecule has 1 rings (SSSR count). The van der Waals surface area contributed by atoms with Crippen molar-refractivity contribution in [2.75, 3.05) is 13.6 Å². The number of hydrogen-bond donors (Lipinski definition) is 1. The van der Waals surface area contributed by atoms with E-state index in [0.717, 1.165) is 5.92 Å². The van der Waals surface area contributed by atoms with E-state index in [2.05, 4.69) is 26.2 Å². The molecule has 0 aromatic rings. The van der Waals surface area contributed by atoms with E-state index < -0.39 is 0 Å². The molecule has 0 aromatic heterocycles. The standard InChI is InChI=1S/C19H39N/c1-4-6-8-9-10-14-19(17-20-3)15-12-18(13-16-19)11-7-5-2/h18,20H,4-17H2,1-3H3. The summed E-state index contributed by atoms with van der Waals surface area (Å²) in [6, 6.07) is 0. The predicted molar refractivity (Wildman–Crippen MR) is 91.2 cm³/mol. The molecule has 20 heavy (non-hydrogen) atoms. The average Bonchev–Trinajstić information content (AvgIpc) is 2.47. The lowest BCUT2D eigenvalue weighted by Gasteiger charge is -2.40. The largest absolute Gasteiger partial charge is 0.319 e. The van der Waals surface area contributed by atoms with Crippen LogP contribution in [0.25, 0.3) is 0 Å². The zero-order chi connectivity index (χ0) is 14.7. The first kappa shape index (κ1) is 18.0. The zero-order valence-electron chi connectivity index (χ0n) is 14.5. The minimum Gasteiger partial charge on any atom is -0.319 e. The number of hydrogen-bond acceptors (Lipinski definition) is 1. The van der Waals surface area contributed by atoms with E-state index in [1.807, 2.05) is 0 Å². The summed E-state index contributed by atoms with van der Waals surface area (Å²) < 4.78 is 0. The molecule has 0 atom stereocenters. The van der Waals surface area contributed by atoms with Gasteiger partial charge >= 0.3 is 0 Å². The third kappa shape index (κ3) is 6.61. The maximum absolute atomic E-state index is 3.49. The van der Waals surface area contributed by atoms with Crippen LogP contribution in [0.3, 0.4) is 0 Å². The molecule has 1 fully saturated rings. The maximum Gasteiger partial charge on any atom is 0.000481 e. The van der Waals surface area contributed by atoms with Crippen molar-refractivity contribution in [2.45, 2.75) is 97.3 Å². The highest BCUT2D eigenvalue weighted by atomic mass is 14.8. The van der Waals surface area contributed by atoms with Crippen LogP contribution in [0.1, 0.15) is 97.3 Å². The van der Waals surface area contributed by atoms with E-state index >= 15 is 0 Å². The van der Waals surface area contributed by atoms with Crippen LogP contribution in [-0.4, -0.2) is 13.6 Å². The molecule has 1 aliphatic carbocycles. The van der Waals surface area contributed by atoms with Crippen LogP contribution < -0.4 is 5.32 Å². The van der Waals surface area contributed by atoms with Crippen molar-refractivity contribution in [1.82, 2.24) is 5.32 Å². The van der Waals surface area contributed by atoms with Gasteiger partial charge in [-0.1, -0.05) is 65.2 Å². The van der Waals surface area contributed by atoms with Crippen LogP contribution in [0.15, 0.2) is 0 Å². The lowest BCUT2D eigenvalue weighted by atomic mass is 9.67. The molecule has 0 radical (unpaired) electrons. The van der Waals surface area contributed by atoms with Gasteiger partial charge in [0.25, 0.3) is 0 Å². The van der Waals surface area contributed by atoms with Crippen molar-refractivity contribution in [1.29, 1.82) is 0 Å². The van der Waals surface area contributed by atoms with Gasteiger partial charge in [-0.2, -0.15) is 0 Å². The Bertz CT molecular complexity index is 210. The molecule has 0 bridgehead atoms. The molecule has 0 unspecified atom stereocenters. The first-order chi connectivity index (χ1) is 9.76. The van der Waals surface area contributed by atoms with Crippen LogP contribution in [0, 0.1) is 11.3 Å². The monoisotopic (exact) mass is 281 g/mol. The molecule has 1 nitrogen and oxygen atoms in total. The lowest BCUT2D eigenvalue weighted by Crippen LogP contribution is -2.36. The van der Waals surface area contributed by atoms with Crippen LogP contribution in [0.5, 0.6) is 0 Å². The van der Waals surface area contributed by atoms with Gasteiger partial charge in [-0.15, -0.1) is 0 Å². The Labute approximate surface area is 128 Å². The fraction of sp³-hybridized carbons (Fsp3) is 1.00. The molecule has 0 aliphatic heterocycles. The zero-order valence-corrected chi connectivity index (χ0v) is 14.5. The molecule has 120 valence electrons. The molecular weight excluding hydrogens is 242 g/mol. The second-order valence-electron chi connectivity index (χ2n) is 7.28. The van der Waals surface area contributed by atoms with E-state index in [0.29, 0.717) is 5.41 Å². The first-order valence-electron chi connectivity index (χ1n) is 9.41. The fourth-order valence-electron chi connectivity index (χ4n) is 4.07. The van der Waals surface area contributed by atoms with Crippen molar-refractivity contribution in [2.24, 2.45) is 11.3 Å². The van der Waals surface area contributed by atoms with Gasteiger partial charge in [0, 0.05) is 6.54 Å². The fourth-order valence-corrected chi connectivity index (χ4v) is 4.07. The van der Waals surface area contributed by atoms with Gasteiger partial charge in [-0.25, -0.2) is 0 Å². The molecule has 1 aliphatic rings.